The van der Waals surface area contributed by atoms with Crippen molar-refractivity contribution in [3.05, 3.63) is 77.5 Å². The van der Waals surface area contributed by atoms with Gasteiger partial charge in [-0.25, -0.2) is 18.2 Å². The van der Waals surface area contributed by atoms with Crippen LogP contribution in [0.4, 0.5) is 23.4 Å². The van der Waals surface area contributed by atoms with Crippen molar-refractivity contribution in [3.63, 3.8) is 0 Å². The van der Waals surface area contributed by atoms with Crippen LogP contribution in [0.15, 0.2) is 49.0 Å². The highest BCUT2D eigenvalue weighted by atomic mass is 19.3. The molecule has 36 heavy (non-hydrogen) atoms. The normalized spacial score (nSPS) is 16.8. The summed E-state index contributed by atoms with van der Waals surface area (Å²) in [6, 6.07) is 12.3. The molecular formula is C28H28F4N4. The first kappa shape index (κ1) is 24.3. The highest BCUT2D eigenvalue weighted by molar-refractivity contribution is 5.82. The SMILES string of the molecule is C=C1NCCc2cc(-c3cc(-c4ccc(C5CCN(CC(F)F)CC5)cc4)c(F)nc3N)c(F)cc21. The molecular weight excluding hydrogens is 468 g/mol. The van der Waals surface area contributed by atoms with Gasteiger partial charge < -0.3 is 11.1 Å². The van der Waals surface area contributed by atoms with E-state index in [4.69, 9.17) is 5.73 Å². The number of benzene rings is 2. The predicted octanol–water partition coefficient (Wildman–Crippen LogP) is 5.84. The Balaban J connectivity index is 1.41. The number of halogens is 4. The number of nitrogen functional groups attached to an aromatic ring is 1. The molecule has 4 nitrogen and oxygen atoms in total. The number of aromatic nitrogens is 1. The second-order valence-electron chi connectivity index (χ2n) is 9.49. The van der Waals surface area contributed by atoms with Gasteiger partial charge in [0.25, 0.3) is 6.43 Å². The van der Waals surface area contributed by atoms with Crippen LogP contribution in [0.5, 0.6) is 0 Å². The number of nitrogens with one attached hydrogen (secondary N) is 1. The molecule has 3 N–H and O–H groups in total. The van der Waals surface area contributed by atoms with Crippen LogP contribution in [0.3, 0.4) is 0 Å². The average molecular weight is 497 g/mol. The van der Waals surface area contributed by atoms with Crippen LogP contribution in [0.25, 0.3) is 28.0 Å². The Hall–Kier alpha value is -3.39. The first-order valence-corrected chi connectivity index (χ1v) is 12.1. The summed E-state index contributed by atoms with van der Waals surface area (Å²) < 4.78 is 55.3. The topological polar surface area (TPSA) is 54.2 Å². The molecule has 2 aliphatic rings. The number of anilines is 1. The summed E-state index contributed by atoms with van der Waals surface area (Å²) in [4.78, 5) is 5.68. The number of nitrogens with zero attached hydrogens (tertiary/aromatic N) is 2. The van der Waals surface area contributed by atoms with Gasteiger partial charge in [0, 0.05) is 34.5 Å². The van der Waals surface area contributed by atoms with Crippen molar-refractivity contribution in [2.45, 2.75) is 31.6 Å². The lowest BCUT2D eigenvalue weighted by Crippen LogP contribution is -2.36. The Morgan fingerprint density at radius 1 is 1.00 bits per heavy atom. The smallest absolute Gasteiger partial charge is 0.251 e. The molecule has 188 valence electrons. The van der Waals surface area contributed by atoms with Gasteiger partial charge >= 0.3 is 0 Å². The second-order valence-corrected chi connectivity index (χ2v) is 9.49. The van der Waals surface area contributed by atoms with Crippen LogP contribution in [-0.4, -0.2) is 42.5 Å². The highest BCUT2D eigenvalue weighted by Crippen LogP contribution is 2.37. The van der Waals surface area contributed by atoms with Crippen LogP contribution in [-0.2, 0) is 6.42 Å². The number of hydrogen-bond acceptors (Lipinski definition) is 4. The van der Waals surface area contributed by atoms with E-state index in [1.807, 2.05) is 24.3 Å². The first-order valence-electron chi connectivity index (χ1n) is 12.1. The molecule has 1 saturated heterocycles. The summed E-state index contributed by atoms with van der Waals surface area (Å²) in [5, 5.41) is 3.13. The van der Waals surface area contributed by atoms with Crippen molar-refractivity contribution in [1.29, 1.82) is 0 Å². The Bertz CT molecular complexity index is 1280. The second kappa shape index (κ2) is 9.93. The van der Waals surface area contributed by atoms with Gasteiger partial charge in [-0.05, 0) is 73.2 Å². The fourth-order valence-electron chi connectivity index (χ4n) is 5.26. The molecule has 0 aliphatic carbocycles. The summed E-state index contributed by atoms with van der Waals surface area (Å²) >= 11 is 0. The summed E-state index contributed by atoms with van der Waals surface area (Å²) in [5.74, 6) is -1.000. The molecule has 8 heteroatoms. The van der Waals surface area contributed by atoms with Gasteiger partial charge in [-0.1, -0.05) is 30.8 Å². The number of likely N-dealkylation sites (tertiary alicyclic amines) is 1. The maximum absolute atomic E-state index is 15.1. The number of pyridine rings is 1. The van der Waals surface area contributed by atoms with Crippen molar-refractivity contribution >= 4 is 11.5 Å². The minimum absolute atomic E-state index is 0.0740. The highest BCUT2D eigenvalue weighted by Gasteiger charge is 2.23. The van der Waals surface area contributed by atoms with Crippen LogP contribution in [0.1, 0.15) is 35.4 Å². The minimum Gasteiger partial charge on any atom is -0.385 e. The first-order chi connectivity index (χ1) is 17.3. The molecule has 5 rings (SSSR count). The predicted molar refractivity (Wildman–Crippen MR) is 135 cm³/mol. The largest absolute Gasteiger partial charge is 0.385 e. The number of alkyl halides is 2. The van der Waals surface area contributed by atoms with E-state index in [9.17, 15) is 13.2 Å². The Morgan fingerprint density at radius 2 is 1.72 bits per heavy atom. The number of rotatable bonds is 5. The standard InChI is InChI=1S/C28H28F4N4/c1-16-21-14-25(29)23(12-20(21)6-9-34-16)24-13-22(27(32)35-28(24)33)19-4-2-17(3-5-19)18-7-10-36(11-8-18)15-26(30)31/h2-5,12-14,18,26,34H,1,6-11,15H2,(H2,33,35). The zero-order valence-corrected chi connectivity index (χ0v) is 19.8. The number of piperidine rings is 1. The molecule has 2 aliphatic heterocycles. The number of hydrogen-bond donors (Lipinski definition) is 2. The molecule has 2 aromatic carbocycles. The molecule has 1 fully saturated rings. The number of fused-ring (bicyclic) bond motifs is 1. The van der Waals surface area contributed by atoms with Gasteiger partial charge in [0.15, 0.2) is 0 Å². The molecule has 3 heterocycles. The lowest BCUT2D eigenvalue weighted by molar-refractivity contribution is 0.0754. The molecule has 0 unspecified atom stereocenters. The fraction of sp³-hybridized carbons (Fsp3) is 0.321. The Morgan fingerprint density at radius 3 is 2.42 bits per heavy atom. The van der Waals surface area contributed by atoms with Gasteiger partial charge in [0.2, 0.25) is 5.95 Å². The zero-order chi connectivity index (χ0) is 25.4. The van der Waals surface area contributed by atoms with E-state index in [0.717, 1.165) is 29.5 Å². The van der Waals surface area contributed by atoms with E-state index in [1.165, 1.54) is 6.07 Å². The van der Waals surface area contributed by atoms with Crippen LogP contribution in [0.2, 0.25) is 0 Å². The molecule has 0 saturated carbocycles. The van der Waals surface area contributed by atoms with Crippen LogP contribution in [0, 0.1) is 11.8 Å². The summed E-state index contributed by atoms with van der Waals surface area (Å²) in [6.45, 7) is 5.72. The van der Waals surface area contributed by atoms with Gasteiger partial charge in [-0.2, -0.15) is 4.39 Å². The summed E-state index contributed by atoms with van der Waals surface area (Å²) in [6.07, 6.45) is -0.00694. The van der Waals surface area contributed by atoms with Crippen LogP contribution >= 0.6 is 0 Å². The Kier molecular flexibility index (Phi) is 6.71. The van der Waals surface area contributed by atoms with Crippen molar-refractivity contribution in [3.8, 4) is 22.3 Å². The van der Waals surface area contributed by atoms with E-state index in [2.05, 4.69) is 16.9 Å². The van der Waals surface area contributed by atoms with E-state index in [-0.39, 0.29) is 29.4 Å². The van der Waals surface area contributed by atoms with Crippen molar-refractivity contribution in [2.75, 3.05) is 31.9 Å². The third kappa shape index (κ3) is 4.82. The van der Waals surface area contributed by atoms with Gasteiger partial charge in [-0.3, -0.25) is 4.90 Å². The fourth-order valence-corrected chi connectivity index (χ4v) is 5.26. The third-order valence-electron chi connectivity index (χ3n) is 7.22. The Labute approximate surface area is 207 Å². The molecule has 0 radical (unpaired) electrons. The lowest BCUT2D eigenvalue weighted by atomic mass is 9.88. The van der Waals surface area contributed by atoms with E-state index >= 15 is 4.39 Å². The van der Waals surface area contributed by atoms with E-state index in [0.29, 0.717) is 42.9 Å². The number of nitrogens with two attached hydrogens (primary N) is 1. The van der Waals surface area contributed by atoms with Crippen LogP contribution < -0.4 is 11.1 Å². The maximum Gasteiger partial charge on any atom is 0.251 e. The summed E-state index contributed by atoms with van der Waals surface area (Å²) in [5.41, 5.74) is 10.9. The van der Waals surface area contributed by atoms with Gasteiger partial charge in [-0.15, -0.1) is 0 Å². The lowest BCUT2D eigenvalue weighted by Gasteiger charge is -2.31. The zero-order valence-electron chi connectivity index (χ0n) is 19.8. The minimum atomic E-state index is -2.32. The molecule has 0 bridgehead atoms. The van der Waals surface area contributed by atoms with Crippen molar-refractivity contribution < 1.29 is 17.6 Å². The molecule has 1 aromatic heterocycles. The van der Waals surface area contributed by atoms with Gasteiger partial charge in [0.05, 0.1) is 6.54 Å². The van der Waals surface area contributed by atoms with Crippen molar-refractivity contribution in [1.82, 2.24) is 15.2 Å². The molecule has 0 amide bonds. The maximum atomic E-state index is 15.1. The van der Waals surface area contributed by atoms with Crippen molar-refractivity contribution in [2.24, 2.45) is 0 Å². The van der Waals surface area contributed by atoms with Gasteiger partial charge in [0.1, 0.15) is 11.6 Å². The quantitative estimate of drug-likeness (QED) is 0.344. The van der Waals surface area contributed by atoms with E-state index in [1.54, 1.807) is 17.0 Å². The van der Waals surface area contributed by atoms with E-state index < -0.39 is 18.2 Å². The monoisotopic (exact) mass is 496 g/mol. The molecule has 3 aromatic rings. The third-order valence-corrected chi connectivity index (χ3v) is 7.22. The summed E-state index contributed by atoms with van der Waals surface area (Å²) in [7, 11) is 0. The molecule has 0 spiro atoms. The molecule has 0 atom stereocenters. The average Bonchev–Trinajstić information content (AvgIpc) is 2.85.